The molecule has 8 heteroatoms. The molecule has 140 valence electrons. The first-order chi connectivity index (χ1) is 13.0. The predicted molar refractivity (Wildman–Crippen MR) is 106 cm³/mol. The summed E-state index contributed by atoms with van der Waals surface area (Å²) in [6.45, 7) is 2.43. The highest BCUT2D eigenvalue weighted by Gasteiger charge is 2.16. The summed E-state index contributed by atoms with van der Waals surface area (Å²) >= 11 is 9.42. The van der Waals surface area contributed by atoms with Crippen LogP contribution in [0.25, 0.3) is 0 Å². The molecule has 0 radical (unpaired) electrons. The van der Waals surface area contributed by atoms with E-state index < -0.39 is 5.82 Å². The molecule has 5 nitrogen and oxygen atoms in total. The number of nitrogens with zero attached hydrogens (tertiary/aromatic N) is 2. The number of rotatable bonds is 6. The van der Waals surface area contributed by atoms with E-state index >= 15 is 0 Å². The van der Waals surface area contributed by atoms with Crippen LogP contribution in [-0.2, 0) is 6.54 Å². The minimum absolute atomic E-state index is 0.134. The van der Waals surface area contributed by atoms with E-state index in [4.69, 9.17) is 16.3 Å². The van der Waals surface area contributed by atoms with Crippen LogP contribution in [0.2, 0.25) is 5.02 Å². The molecule has 2 aromatic carbocycles. The summed E-state index contributed by atoms with van der Waals surface area (Å²) in [6.07, 6.45) is 1.65. The van der Waals surface area contributed by atoms with Gasteiger partial charge in [-0.3, -0.25) is 9.48 Å². The SMILES string of the molecule is CCOc1ccccc1C(=O)Nc1nn(Cc2c(F)cccc2Cl)cc1Br. The highest BCUT2D eigenvalue weighted by Crippen LogP contribution is 2.25. The predicted octanol–water partition coefficient (Wildman–Crippen LogP) is 5.14. The molecule has 0 bridgehead atoms. The van der Waals surface area contributed by atoms with Crippen molar-refractivity contribution in [3.8, 4) is 5.75 Å². The maximum atomic E-state index is 14.0. The quantitative estimate of drug-likeness (QED) is 0.563. The van der Waals surface area contributed by atoms with Gasteiger partial charge >= 0.3 is 0 Å². The first-order valence-corrected chi connectivity index (χ1v) is 9.35. The lowest BCUT2D eigenvalue weighted by Crippen LogP contribution is -2.15. The van der Waals surface area contributed by atoms with E-state index in [2.05, 4.69) is 26.3 Å². The average molecular weight is 453 g/mol. The smallest absolute Gasteiger partial charge is 0.260 e. The van der Waals surface area contributed by atoms with Crippen LogP contribution in [0, 0.1) is 5.82 Å². The van der Waals surface area contributed by atoms with E-state index in [9.17, 15) is 9.18 Å². The fraction of sp³-hybridized carbons (Fsp3) is 0.158. The lowest BCUT2D eigenvalue weighted by molar-refractivity contribution is 0.102. The number of anilines is 1. The van der Waals surface area contributed by atoms with Crippen LogP contribution in [0.4, 0.5) is 10.2 Å². The van der Waals surface area contributed by atoms with E-state index in [1.54, 1.807) is 42.6 Å². The van der Waals surface area contributed by atoms with Crippen molar-refractivity contribution >= 4 is 39.3 Å². The Morgan fingerprint density at radius 3 is 2.81 bits per heavy atom. The van der Waals surface area contributed by atoms with E-state index in [1.165, 1.54) is 10.7 Å². The summed E-state index contributed by atoms with van der Waals surface area (Å²) in [7, 11) is 0. The highest BCUT2D eigenvalue weighted by molar-refractivity contribution is 9.10. The van der Waals surface area contributed by atoms with Gasteiger partial charge in [-0.1, -0.05) is 29.8 Å². The molecular weight excluding hydrogens is 437 g/mol. The molecule has 0 aliphatic heterocycles. The number of hydrogen-bond donors (Lipinski definition) is 1. The molecule has 1 amide bonds. The van der Waals surface area contributed by atoms with Crippen LogP contribution in [-0.4, -0.2) is 22.3 Å². The molecule has 0 saturated carbocycles. The molecule has 3 aromatic rings. The zero-order valence-electron chi connectivity index (χ0n) is 14.4. The van der Waals surface area contributed by atoms with Gasteiger partial charge in [-0.25, -0.2) is 4.39 Å². The molecule has 0 unspecified atom stereocenters. The minimum Gasteiger partial charge on any atom is -0.493 e. The summed E-state index contributed by atoms with van der Waals surface area (Å²) in [5.74, 6) is 0.0456. The van der Waals surface area contributed by atoms with Gasteiger partial charge in [0.1, 0.15) is 11.6 Å². The van der Waals surface area contributed by atoms with Crippen molar-refractivity contribution in [2.45, 2.75) is 13.5 Å². The van der Waals surface area contributed by atoms with Gasteiger partial charge in [0.15, 0.2) is 5.82 Å². The molecule has 0 aliphatic rings. The Morgan fingerprint density at radius 1 is 1.30 bits per heavy atom. The van der Waals surface area contributed by atoms with Gasteiger partial charge in [0.25, 0.3) is 5.91 Å². The van der Waals surface area contributed by atoms with Crippen LogP contribution >= 0.6 is 27.5 Å². The van der Waals surface area contributed by atoms with Gasteiger partial charge in [0.05, 0.1) is 23.2 Å². The fourth-order valence-electron chi connectivity index (χ4n) is 2.52. The number of amides is 1. The summed E-state index contributed by atoms with van der Waals surface area (Å²) in [4.78, 5) is 12.6. The number of aromatic nitrogens is 2. The van der Waals surface area contributed by atoms with Crippen molar-refractivity contribution in [3.05, 3.63) is 75.1 Å². The fourth-order valence-corrected chi connectivity index (χ4v) is 3.16. The van der Waals surface area contributed by atoms with Gasteiger partial charge in [-0.05, 0) is 47.1 Å². The molecule has 1 heterocycles. The van der Waals surface area contributed by atoms with Crippen LogP contribution < -0.4 is 10.1 Å². The van der Waals surface area contributed by atoms with Crippen molar-refractivity contribution in [1.82, 2.24) is 9.78 Å². The van der Waals surface area contributed by atoms with Crippen LogP contribution in [0.15, 0.2) is 53.1 Å². The van der Waals surface area contributed by atoms with E-state index in [0.29, 0.717) is 38.8 Å². The van der Waals surface area contributed by atoms with E-state index in [-0.39, 0.29) is 12.5 Å². The number of halogens is 3. The standard InChI is InChI=1S/C19H16BrClFN3O2/c1-2-27-17-9-4-3-6-12(17)19(26)23-18-14(20)11-25(24-18)10-13-15(21)7-5-8-16(13)22/h3-9,11H,2,10H2,1H3,(H,23,24,26). The minimum atomic E-state index is -0.412. The summed E-state index contributed by atoms with van der Waals surface area (Å²) in [6, 6.07) is 11.5. The molecule has 0 saturated heterocycles. The lowest BCUT2D eigenvalue weighted by Gasteiger charge is -2.09. The third kappa shape index (κ3) is 4.48. The number of benzene rings is 2. The van der Waals surface area contributed by atoms with Crippen molar-refractivity contribution in [2.75, 3.05) is 11.9 Å². The number of para-hydroxylation sites is 1. The topological polar surface area (TPSA) is 56.1 Å². The Bertz CT molecular complexity index is 957. The first kappa shape index (κ1) is 19.4. The molecule has 0 aliphatic carbocycles. The number of carbonyl (C=O) groups excluding carboxylic acids is 1. The molecular formula is C19H16BrClFN3O2. The lowest BCUT2D eigenvalue weighted by atomic mass is 10.2. The van der Waals surface area contributed by atoms with Crippen LogP contribution in [0.5, 0.6) is 5.75 Å². The molecule has 0 fully saturated rings. The van der Waals surface area contributed by atoms with Crippen LogP contribution in [0.1, 0.15) is 22.8 Å². The molecule has 1 N–H and O–H groups in total. The van der Waals surface area contributed by atoms with Crippen molar-refractivity contribution in [1.29, 1.82) is 0 Å². The molecule has 0 atom stereocenters. The number of carbonyl (C=O) groups is 1. The second-order valence-corrected chi connectivity index (χ2v) is 6.87. The van der Waals surface area contributed by atoms with Crippen molar-refractivity contribution < 1.29 is 13.9 Å². The molecule has 27 heavy (non-hydrogen) atoms. The summed E-state index contributed by atoms with van der Waals surface area (Å²) in [5, 5.41) is 7.35. The van der Waals surface area contributed by atoms with E-state index in [0.717, 1.165) is 0 Å². The normalized spacial score (nSPS) is 10.7. The number of ether oxygens (including phenoxy) is 1. The third-order valence-electron chi connectivity index (χ3n) is 3.76. The highest BCUT2D eigenvalue weighted by atomic mass is 79.9. The Labute approximate surface area is 169 Å². The second-order valence-electron chi connectivity index (χ2n) is 5.61. The maximum Gasteiger partial charge on any atom is 0.260 e. The maximum absolute atomic E-state index is 14.0. The molecule has 1 aromatic heterocycles. The zero-order chi connectivity index (χ0) is 19.4. The second kappa shape index (κ2) is 8.54. The van der Waals surface area contributed by atoms with Gasteiger partial charge in [-0.2, -0.15) is 5.10 Å². The van der Waals surface area contributed by atoms with Gasteiger partial charge in [0, 0.05) is 16.8 Å². The zero-order valence-corrected chi connectivity index (χ0v) is 16.7. The molecule has 3 rings (SSSR count). The largest absolute Gasteiger partial charge is 0.493 e. The Hall–Kier alpha value is -2.38. The number of hydrogen-bond acceptors (Lipinski definition) is 3. The molecule has 0 spiro atoms. The van der Waals surface area contributed by atoms with Crippen molar-refractivity contribution in [2.24, 2.45) is 0 Å². The average Bonchev–Trinajstić information content (AvgIpc) is 2.98. The van der Waals surface area contributed by atoms with E-state index in [1.807, 2.05) is 6.92 Å². The van der Waals surface area contributed by atoms with Gasteiger partial charge in [0.2, 0.25) is 0 Å². The van der Waals surface area contributed by atoms with Crippen LogP contribution in [0.3, 0.4) is 0 Å². The van der Waals surface area contributed by atoms with Gasteiger partial charge < -0.3 is 10.1 Å². The Morgan fingerprint density at radius 2 is 2.07 bits per heavy atom. The summed E-state index contributed by atoms with van der Waals surface area (Å²) < 4.78 is 21.5. The van der Waals surface area contributed by atoms with Gasteiger partial charge in [-0.15, -0.1) is 0 Å². The third-order valence-corrected chi connectivity index (χ3v) is 4.70. The first-order valence-electron chi connectivity index (χ1n) is 8.18. The summed E-state index contributed by atoms with van der Waals surface area (Å²) in [5.41, 5.74) is 0.728. The monoisotopic (exact) mass is 451 g/mol. The Balaban J connectivity index is 1.80. The Kier molecular flexibility index (Phi) is 6.13. The van der Waals surface area contributed by atoms with Crippen molar-refractivity contribution in [3.63, 3.8) is 0 Å². The number of nitrogens with one attached hydrogen (secondary N) is 1.